The first-order valence-corrected chi connectivity index (χ1v) is 7.86. The van der Waals surface area contributed by atoms with Crippen molar-refractivity contribution >= 4 is 5.69 Å². The van der Waals surface area contributed by atoms with Crippen molar-refractivity contribution in [2.24, 2.45) is 0 Å². The van der Waals surface area contributed by atoms with Gasteiger partial charge in [-0.3, -0.25) is 4.68 Å². The van der Waals surface area contributed by atoms with Crippen molar-refractivity contribution in [1.82, 2.24) is 15.1 Å². The molecule has 1 aromatic rings. The van der Waals surface area contributed by atoms with Crippen molar-refractivity contribution in [3.63, 3.8) is 0 Å². The van der Waals surface area contributed by atoms with Gasteiger partial charge in [0.2, 0.25) is 0 Å². The van der Waals surface area contributed by atoms with Gasteiger partial charge in [0.1, 0.15) is 0 Å². The first-order chi connectivity index (χ1) is 9.31. The van der Waals surface area contributed by atoms with Gasteiger partial charge in [-0.15, -0.1) is 0 Å². The molecule has 0 radical (unpaired) electrons. The number of fused-ring (bicyclic) bond motifs is 2. The van der Waals surface area contributed by atoms with Gasteiger partial charge in [0.05, 0.1) is 11.9 Å². The molecule has 2 bridgehead atoms. The van der Waals surface area contributed by atoms with Crippen LogP contribution in [0.2, 0.25) is 0 Å². The Balaban J connectivity index is 1.69. The van der Waals surface area contributed by atoms with Crippen LogP contribution in [0.5, 0.6) is 0 Å². The fraction of sp³-hybridized carbons (Fsp3) is 0.800. The van der Waals surface area contributed by atoms with E-state index in [1.165, 1.54) is 37.8 Å². The third kappa shape index (κ3) is 2.50. The summed E-state index contributed by atoms with van der Waals surface area (Å²) in [6, 6.07) is 2.18. The van der Waals surface area contributed by atoms with Crippen LogP contribution in [0.25, 0.3) is 0 Å². The van der Waals surface area contributed by atoms with Gasteiger partial charge in [-0.05, 0) is 45.6 Å². The SMILES string of the molecule is CCCNC1CC2CCC(C1)N2c1cnn(CC)c1. The molecule has 0 aliphatic carbocycles. The molecule has 2 aliphatic heterocycles. The molecule has 1 N–H and O–H groups in total. The molecule has 0 spiro atoms. The zero-order chi connectivity index (χ0) is 13.2. The van der Waals surface area contributed by atoms with Gasteiger partial charge in [0.25, 0.3) is 0 Å². The lowest BCUT2D eigenvalue weighted by molar-refractivity contribution is 0.356. The molecule has 4 nitrogen and oxygen atoms in total. The van der Waals surface area contributed by atoms with E-state index in [0.717, 1.165) is 31.2 Å². The minimum Gasteiger partial charge on any atom is -0.363 e. The predicted octanol–water partition coefficient (Wildman–Crippen LogP) is 2.40. The Kier molecular flexibility index (Phi) is 3.78. The molecular formula is C15H26N4. The number of nitrogens with zero attached hydrogens (tertiary/aromatic N) is 3. The molecule has 3 heterocycles. The highest BCUT2D eigenvalue weighted by molar-refractivity contribution is 5.47. The minimum atomic E-state index is 0.725. The van der Waals surface area contributed by atoms with Crippen molar-refractivity contribution in [1.29, 1.82) is 0 Å². The van der Waals surface area contributed by atoms with Crippen LogP contribution in [0.15, 0.2) is 12.4 Å². The fourth-order valence-electron chi connectivity index (χ4n) is 3.77. The summed E-state index contributed by atoms with van der Waals surface area (Å²) in [6.07, 6.45) is 10.8. The molecule has 19 heavy (non-hydrogen) atoms. The number of aryl methyl sites for hydroxylation is 1. The Morgan fingerprint density at radius 3 is 2.58 bits per heavy atom. The van der Waals surface area contributed by atoms with Crippen LogP contribution >= 0.6 is 0 Å². The summed E-state index contributed by atoms with van der Waals surface area (Å²) in [4.78, 5) is 2.64. The average Bonchev–Trinajstić information content (AvgIpc) is 2.99. The molecule has 2 unspecified atom stereocenters. The Morgan fingerprint density at radius 1 is 1.26 bits per heavy atom. The summed E-state index contributed by atoms with van der Waals surface area (Å²) in [6.45, 7) is 6.52. The highest BCUT2D eigenvalue weighted by Crippen LogP contribution is 2.39. The molecule has 2 atom stereocenters. The molecule has 106 valence electrons. The normalized spacial score (nSPS) is 30.0. The van der Waals surface area contributed by atoms with E-state index in [1.54, 1.807) is 0 Å². The van der Waals surface area contributed by atoms with Crippen LogP contribution in [0.4, 0.5) is 5.69 Å². The van der Waals surface area contributed by atoms with E-state index in [0.29, 0.717) is 0 Å². The topological polar surface area (TPSA) is 33.1 Å². The maximum atomic E-state index is 4.43. The standard InChI is InChI=1S/C15H26N4/c1-3-7-16-12-8-13-5-6-14(9-12)19(13)15-10-17-18(4-2)11-15/h10-14,16H,3-9H2,1-2H3. The van der Waals surface area contributed by atoms with Gasteiger partial charge in [0, 0.05) is 30.9 Å². The van der Waals surface area contributed by atoms with E-state index < -0.39 is 0 Å². The maximum absolute atomic E-state index is 4.43. The number of hydrogen-bond donors (Lipinski definition) is 1. The van der Waals surface area contributed by atoms with E-state index in [2.05, 4.69) is 41.6 Å². The van der Waals surface area contributed by atoms with Gasteiger partial charge in [-0.25, -0.2) is 0 Å². The lowest BCUT2D eigenvalue weighted by Gasteiger charge is -2.40. The van der Waals surface area contributed by atoms with Crippen LogP contribution < -0.4 is 10.2 Å². The number of nitrogens with one attached hydrogen (secondary N) is 1. The second-order valence-corrected chi connectivity index (χ2v) is 5.97. The number of anilines is 1. The summed E-state index contributed by atoms with van der Waals surface area (Å²) < 4.78 is 2.04. The number of rotatable bonds is 5. The lowest BCUT2D eigenvalue weighted by Crippen LogP contribution is -2.49. The van der Waals surface area contributed by atoms with Crippen LogP contribution in [-0.2, 0) is 6.54 Å². The number of piperidine rings is 1. The van der Waals surface area contributed by atoms with Gasteiger partial charge in [-0.1, -0.05) is 6.92 Å². The van der Waals surface area contributed by atoms with Gasteiger partial charge in [0.15, 0.2) is 0 Å². The first-order valence-electron chi connectivity index (χ1n) is 7.86. The van der Waals surface area contributed by atoms with Gasteiger partial charge >= 0.3 is 0 Å². The molecule has 2 saturated heterocycles. The quantitative estimate of drug-likeness (QED) is 0.884. The maximum Gasteiger partial charge on any atom is 0.0757 e. The first kappa shape index (κ1) is 13.0. The minimum absolute atomic E-state index is 0.725. The van der Waals surface area contributed by atoms with Crippen LogP contribution in [0.1, 0.15) is 46.0 Å². The van der Waals surface area contributed by atoms with Crippen molar-refractivity contribution < 1.29 is 0 Å². The molecule has 3 rings (SSSR count). The predicted molar refractivity (Wildman–Crippen MR) is 78.5 cm³/mol. The Labute approximate surface area is 116 Å². The second kappa shape index (κ2) is 5.53. The molecule has 0 amide bonds. The van der Waals surface area contributed by atoms with Crippen LogP contribution in [-0.4, -0.2) is 34.5 Å². The number of aromatic nitrogens is 2. The van der Waals surface area contributed by atoms with Crippen LogP contribution in [0, 0.1) is 0 Å². The third-order valence-electron chi connectivity index (χ3n) is 4.66. The molecule has 0 aromatic carbocycles. The van der Waals surface area contributed by atoms with Crippen LogP contribution in [0.3, 0.4) is 0 Å². The Bertz CT molecular complexity index is 400. The van der Waals surface area contributed by atoms with E-state index >= 15 is 0 Å². The van der Waals surface area contributed by atoms with E-state index in [4.69, 9.17) is 0 Å². The zero-order valence-electron chi connectivity index (χ0n) is 12.2. The summed E-state index contributed by atoms with van der Waals surface area (Å²) >= 11 is 0. The van der Waals surface area contributed by atoms with Crippen molar-refractivity contribution in [2.45, 2.75) is 70.6 Å². The van der Waals surface area contributed by atoms with Crippen molar-refractivity contribution in [3.8, 4) is 0 Å². The molecule has 0 saturated carbocycles. The fourth-order valence-corrected chi connectivity index (χ4v) is 3.77. The molecular weight excluding hydrogens is 236 g/mol. The van der Waals surface area contributed by atoms with E-state index in [-0.39, 0.29) is 0 Å². The Hall–Kier alpha value is -1.03. The summed E-state index contributed by atoms with van der Waals surface area (Å²) in [5.41, 5.74) is 1.34. The monoisotopic (exact) mass is 262 g/mol. The largest absolute Gasteiger partial charge is 0.363 e. The van der Waals surface area contributed by atoms with E-state index in [9.17, 15) is 0 Å². The summed E-state index contributed by atoms with van der Waals surface area (Å²) in [7, 11) is 0. The van der Waals surface area contributed by atoms with Gasteiger partial charge in [-0.2, -0.15) is 5.10 Å². The molecule has 2 aliphatic rings. The van der Waals surface area contributed by atoms with Crippen molar-refractivity contribution in [2.75, 3.05) is 11.4 Å². The summed E-state index contributed by atoms with van der Waals surface area (Å²) in [5.74, 6) is 0. The highest BCUT2D eigenvalue weighted by Gasteiger charge is 2.40. The molecule has 2 fully saturated rings. The van der Waals surface area contributed by atoms with Crippen molar-refractivity contribution in [3.05, 3.63) is 12.4 Å². The van der Waals surface area contributed by atoms with Gasteiger partial charge < -0.3 is 10.2 Å². The smallest absolute Gasteiger partial charge is 0.0757 e. The summed E-state index contributed by atoms with van der Waals surface area (Å²) in [5, 5.41) is 8.15. The third-order valence-corrected chi connectivity index (χ3v) is 4.66. The lowest BCUT2D eigenvalue weighted by atomic mass is 9.97. The molecule has 1 aromatic heterocycles. The Morgan fingerprint density at radius 2 is 2.00 bits per heavy atom. The number of hydrogen-bond acceptors (Lipinski definition) is 3. The van der Waals surface area contributed by atoms with E-state index in [1.807, 2.05) is 4.68 Å². The average molecular weight is 262 g/mol. The zero-order valence-corrected chi connectivity index (χ0v) is 12.2. The molecule has 4 heteroatoms. The highest BCUT2D eigenvalue weighted by atomic mass is 15.3. The second-order valence-electron chi connectivity index (χ2n) is 5.97.